The molecule has 1 aromatic carbocycles. The molecule has 4 heteroatoms. The van der Waals surface area contributed by atoms with Crippen molar-refractivity contribution in [2.24, 2.45) is 5.92 Å². The molecule has 0 fully saturated rings. The second kappa shape index (κ2) is 8.37. The number of hydrogen-bond donors (Lipinski definition) is 0. The summed E-state index contributed by atoms with van der Waals surface area (Å²) in [6.07, 6.45) is 7.17. The van der Waals surface area contributed by atoms with Crippen LogP contribution in [0.1, 0.15) is 33.6 Å². The van der Waals surface area contributed by atoms with Gasteiger partial charge in [0, 0.05) is 18.0 Å². The summed E-state index contributed by atoms with van der Waals surface area (Å²) >= 11 is 0. The van der Waals surface area contributed by atoms with Crippen LogP contribution in [-0.2, 0) is 0 Å². The van der Waals surface area contributed by atoms with Gasteiger partial charge < -0.3 is 9.47 Å². The SMILES string of the molecule is CCCOc1ccc(-c2cnccn2)cc1OCC(C)CC. The summed E-state index contributed by atoms with van der Waals surface area (Å²) < 4.78 is 11.8. The van der Waals surface area contributed by atoms with E-state index >= 15 is 0 Å². The Morgan fingerprint density at radius 3 is 2.64 bits per heavy atom. The summed E-state index contributed by atoms with van der Waals surface area (Å²) in [4.78, 5) is 8.45. The van der Waals surface area contributed by atoms with Gasteiger partial charge in [0.15, 0.2) is 11.5 Å². The van der Waals surface area contributed by atoms with Crippen LogP contribution in [0, 0.1) is 5.92 Å². The summed E-state index contributed by atoms with van der Waals surface area (Å²) in [7, 11) is 0. The Labute approximate surface area is 132 Å². The minimum atomic E-state index is 0.513. The Kier molecular flexibility index (Phi) is 6.19. The largest absolute Gasteiger partial charge is 0.490 e. The average molecular weight is 300 g/mol. The summed E-state index contributed by atoms with van der Waals surface area (Å²) in [6, 6.07) is 5.92. The van der Waals surface area contributed by atoms with Crippen LogP contribution >= 0.6 is 0 Å². The normalized spacial score (nSPS) is 12.0. The van der Waals surface area contributed by atoms with Gasteiger partial charge >= 0.3 is 0 Å². The molecule has 2 aromatic rings. The minimum absolute atomic E-state index is 0.513. The molecule has 1 aromatic heterocycles. The molecule has 0 amide bonds. The van der Waals surface area contributed by atoms with E-state index in [-0.39, 0.29) is 0 Å². The first-order valence-electron chi connectivity index (χ1n) is 7.90. The first-order valence-corrected chi connectivity index (χ1v) is 7.90. The van der Waals surface area contributed by atoms with Crippen molar-refractivity contribution >= 4 is 0 Å². The summed E-state index contributed by atoms with van der Waals surface area (Å²) in [6.45, 7) is 7.80. The second-order valence-electron chi connectivity index (χ2n) is 5.43. The highest BCUT2D eigenvalue weighted by Crippen LogP contribution is 2.32. The highest BCUT2D eigenvalue weighted by atomic mass is 16.5. The molecular weight excluding hydrogens is 276 g/mol. The van der Waals surface area contributed by atoms with E-state index in [1.807, 2.05) is 18.2 Å². The fourth-order valence-corrected chi connectivity index (χ4v) is 1.91. The number of benzene rings is 1. The topological polar surface area (TPSA) is 44.2 Å². The van der Waals surface area contributed by atoms with Crippen LogP contribution in [0.5, 0.6) is 11.5 Å². The van der Waals surface area contributed by atoms with Crippen LogP contribution in [-0.4, -0.2) is 23.2 Å². The summed E-state index contributed by atoms with van der Waals surface area (Å²) in [5, 5.41) is 0. The minimum Gasteiger partial charge on any atom is -0.490 e. The zero-order chi connectivity index (χ0) is 15.8. The Bertz CT molecular complexity index is 573. The first-order chi connectivity index (χ1) is 10.7. The van der Waals surface area contributed by atoms with Crippen LogP contribution in [0.3, 0.4) is 0 Å². The van der Waals surface area contributed by atoms with Crippen molar-refractivity contribution in [3.63, 3.8) is 0 Å². The van der Waals surface area contributed by atoms with Crippen LogP contribution < -0.4 is 9.47 Å². The quantitative estimate of drug-likeness (QED) is 0.726. The van der Waals surface area contributed by atoms with Gasteiger partial charge in [-0.3, -0.25) is 9.97 Å². The summed E-state index contributed by atoms with van der Waals surface area (Å²) in [5.41, 5.74) is 1.81. The molecule has 0 aliphatic heterocycles. The van der Waals surface area contributed by atoms with Crippen LogP contribution in [0.2, 0.25) is 0 Å². The maximum Gasteiger partial charge on any atom is 0.161 e. The average Bonchev–Trinajstić information content (AvgIpc) is 2.58. The van der Waals surface area contributed by atoms with Crippen LogP contribution in [0.4, 0.5) is 0 Å². The third kappa shape index (κ3) is 4.45. The lowest BCUT2D eigenvalue weighted by molar-refractivity contribution is 0.234. The van der Waals surface area contributed by atoms with Gasteiger partial charge in [0.25, 0.3) is 0 Å². The van der Waals surface area contributed by atoms with E-state index in [4.69, 9.17) is 9.47 Å². The van der Waals surface area contributed by atoms with Gasteiger partial charge in [-0.05, 0) is 30.5 Å². The van der Waals surface area contributed by atoms with E-state index in [1.165, 1.54) is 0 Å². The van der Waals surface area contributed by atoms with Crippen molar-refractivity contribution in [2.45, 2.75) is 33.6 Å². The maximum absolute atomic E-state index is 5.98. The Morgan fingerprint density at radius 1 is 1.09 bits per heavy atom. The molecule has 1 unspecified atom stereocenters. The van der Waals surface area contributed by atoms with Gasteiger partial charge in [0.2, 0.25) is 0 Å². The van der Waals surface area contributed by atoms with E-state index in [0.717, 1.165) is 35.6 Å². The third-order valence-electron chi connectivity index (χ3n) is 3.48. The molecular formula is C18H24N2O2. The monoisotopic (exact) mass is 300 g/mol. The molecule has 0 aliphatic carbocycles. The zero-order valence-electron chi connectivity index (χ0n) is 13.6. The van der Waals surface area contributed by atoms with Gasteiger partial charge in [-0.1, -0.05) is 27.2 Å². The zero-order valence-corrected chi connectivity index (χ0v) is 13.6. The van der Waals surface area contributed by atoms with Gasteiger partial charge in [-0.15, -0.1) is 0 Å². The highest BCUT2D eigenvalue weighted by molar-refractivity contribution is 5.63. The molecule has 4 nitrogen and oxygen atoms in total. The lowest BCUT2D eigenvalue weighted by Gasteiger charge is -2.16. The Balaban J connectivity index is 2.24. The van der Waals surface area contributed by atoms with E-state index in [2.05, 4.69) is 30.7 Å². The highest BCUT2D eigenvalue weighted by Gasteiger charge is 2.10. The molecule has 0 N–H and O–H groups in total. The van der Waals surface area contributed by atoms with Gasteiger partial charge in [-0.2, -0.15) is 0 Å². The third-order valence-corrected chi connectivity index (χ3v) is 3.48. The molecule has 1 heterocycles. The maximum atomic E-state index is 5.98. The van der Waals surface area contributed by atoms with E-state index in [9.17, 15) is 0 Å². The van der Waals surface area contributed by atoms with Gasteiger partial charge in [0.05, 0.1) is 25.1 Å². The molecule has 0 saturated heterocycles. The second-order valence-corrected chi connectivity index (χ2v) is 5.43. The molecule has 2 rings (SSSR count). The molecule has 0 bridgehead atoms. The molecule has 1 atom stereocenters. The van der Waals surface area contributed by atoms with Crippen molar-refractivity contribution in [2.75, 3.05) is 13.2 Å². The number of rotatable bonds is 8. The fraction of sp³-hybridized carbons (Fsp3) is 0.444. The molecule has 0 saturated carbocycles. The van der Waals surface area contributed by atoms with E-state index in [1.54, 1.807) is 18.6 Å². The number of hydrogen-bond acceptors (Lipinski definition) is 4. The van der Waals surface area contributed by atoms with Crippen molar-refractivity contribution in [1.29, 1.82) is 0 Å². The first kappa shape index (κ1) is 16.3. The van der Waals surface area contributed by atoms with Crippen LogP contribution in [0.25, 0.3) is 11.3 Å². The molecule has 118 valence electrons. The number of ether oxygens (including phenoxy) is 2. The van der Waals surface area contributed by atoms with Crippen molar-refractivity contribution in [1.82, 2.24) is 9.97 Å². The number of aromatic nitrogens is 2. The van der Waals surface area contributed by atoms with Crippen molar-refractivity contribution in [3.8, 4) is 22.8 Å². The number of nitrogens with zero attached hydrogens (tertiary/aromatic N) is 2. The Morgan fingerprint density at radius 2 is 1.95 bits per heavy atom. The Hall–Kier alpha value is -2.10. The smallest absolute Gasteiger partial charge is 0.161 e. The van der Waals surface area contributed by atoms with E-state index in [0.29, 0.717) is 19.1 Å². The predicted octanol–water partition coefficient (Wildman–Crippen LogP) is 4.36. The van der Waals surface area contributed by atoms with Gasteiger partial charge in [0.1, 0.15) is 0 Å². The lowest BCUT2D eigenvalue weighted by atomic mass is 10.1. The van der Waals surface area contributed by atoms with Gasteiger partial charge in [-0.25, -0.2) is 0 Å². The fourth-order valence-electron chi connectivity index (χ4n) is 1.91. The van der Waals surface area contributed by atoms with Crippen LogP contribution in [0.15, 0.2) is 36.8 Å². The lowest BCUT2D eigenvalue weighted by Crippen LogP contribution is -2.08. The summed E-state index contributed by atoms with van der Waals surface area (Å²) in [5.74, 6) is 2.08. The standard InChI is InChI=1S/C18H24N2O2/c1-4-10-21-17-7-6-15(16-12-19-8-9-20-16)11-18(17)22-13-14(3)5-2/h6-9,11-12,14H,4-5,10,13H2,1-3H3. The predicted molar refractivity (Wildman–Crippen MR) is 88.2 cm³/mol. The molecule has 0 radical (unpaired) electrons. The van der Waals surface area contributed by atoms with Crippen molar-refractivity contribution < 1.29 is 9.47 Å². The molecule has 0 aliphatic rings. The van der Waals surface area contributed by atoms with E-state index < -0.39 is 0 Å². The molecule has 0 spiro atoms. The molecule has 22 heavy (non-hydrogen) atoms. The van der Waals surface area contributed by atoms with Crippen molar-refractivity contribution in [3.05, 3.63) is 36.8 Å².